The lowest BCUT2D eigenvalue weighted by Gasteiger charge is -2.16. The lowest BCUT2D eigenvalue weighted by molar-refractivity contribution is 0.506. The van der Waals surface area contributed by atoms with Gasteiger partial charge in [-0.1, -0.05) is 13.8 Å². The zero-order chi connectivity index (χ0) is 17.3. The highest BCUT2D eigenvalue weighted by molar-refractivity contribution is 7.89. The third-order valence-electron chi connectivity index (χ3n) is 3.93. The molecular weight excluding hydrogens is 326 g/mol. The summed E-state index contributed by atoms with van der Waals surface area (Å²) in [6.07, 6.45) is 6.75. The summed E-state index contributed by atoms with van der Waals surface area (Å²) in [4.78, 5) is 12.7. The van der Waals surface area contributed by atoms with E-state index in [9.17, 15) is 8.42 Å². The van der Waals surface area contributed by atoms with Gasteiger partial charge in [-0.05, 0) is 37.7 Å². The Morgan fingerprint density at radius 1 is 1.33 bits per heavy atom. The van der Waals surface area contributed by atoms with Crippen molar-refractivity contribution in [3.05, 3.63) is 36.3 Å². The highest BCUT2D eigenvalue weighted by Gasteiger charge is 2.37. The Bertz CT molecular complexity index is 811. The molecule has 0 unspecified atom stereocenters. The molecule has 0 amide bonds. The van der Waals surface area contributed by atoms with E-state index >= 15 is 0 Å². The van der Waals surface area contributed by atoms with Crippen LogP contribution in [-0.4, -0.2) is 27.9 Å². The average molecular weight is 349 g/mol. The Kier molecular flexibility index (Phi) is 4.69. The summed E-state index contributed by atoms with van der Waals surface area (Å²) in [5.41, 5.74) is 0.825. The molecule has 0 radical (unpaired) electrons. The minimum atomic E-state index is -3.70. The Balaban J connectivity index is 1.82. The van der Waals surface area contributed by atoms with Crippen LogP contribution in [-0.2, 0) is 16.6 Å². The molecule has 0 bridgehead atoms. The number of nitrogens with one attached hydrogen (secondary N) is 1. The molecule has 1 atom stereocenters. The van der Waals surface area contributed by atoms with Crippen LogP contribution in [0.4, 0.5) is 0 Å². The molecule has 1 aliphatic rings. The highest BCUT2D eigenvalue weighted by atomic mass is 32.2. The van der Waals surface area contributed by atoms with Crippen LogP contribution in [0.25, 0.3) is 0 Å². The first-order valence-corrected chi connectivity index (χ1v) is 9.67. The van der Waals surface area contributed by atoms with E-state index in [1.54, 1.807) is 29.4 Å². The van der Waals surface area contributed by atoms with Crippen molar-refractivity contribution < 1.29 is 8.42 Å². The molecule has 0 aliphatic heterocycles. The molecule has 2 aromatic rings. The maximum absolute atomic E-state index is 12.7. The van der Waals surface area contributed by atoms with E-state index in [0.29, 0.717) is 11.7 Å². The SMILES string of the molecule is Cc1ccnc([C@@H](NS(=O)(=O)c2cn(CC(C)C)cn2)C2CC2)n1. The second kappa shape index (κ2) is 6.60. The fraction of sp³-hybridized carbons (Fsp3) is 0.562. The van der Waals surface area contributed by atoms with Crippen molar-refractivity contribution in [2.75, 3.05) is 0 Å². The van der Waals surface area contributed by atoms with Gasteiger partial charge in [0, 0.05) is 24.6 Å². The fourth-order valence-electron chi connectivity index (χ4n) is 2.63. The van der Waals surface area contributed by atoms with Crippen molar-refractivity contribution in [1.29, 1.82) is 0 Å². The zero-order valence-electron chi connectivity index (χ0n) is 14.2. The number of nitrogens with zero attached hydrogens (tertiary/aromatic N) is 4. The highest BCUT2D eigenvalue weighted by Crippen LogP contribution is 2.40. The van der Waals surface area contributed by atoms with Gasteiger partial charge in [0.15, 0.2) is 5.03 Å². The van der Waals surface area contributed by atoms with Gasteiger partial charge in [0.05, 0.1) is 12.4 Å². The topological polar surface area (TPSA) is 89.8 Å². The van der Waals surface area contributed by atoms with Crippen LogP contribution in [0.5, 0.6) is 0 Å². The van der Waals surface area contributed by atoms with Crippen LogP contribution >= 0.6 is 0 Å². The van der Waals surface area contributed by atoms with E-state index in [4.69, 9.17) is 0 Å². The predicted octanol–water partition coefficient (Wildman–Crippen LogP) is 2.07. The van der Waals surface area contributed by atoms with Crippen LogP contribution in [0.1, 0.15) is 44.2 Å². The molecule has 7 nitrogen and oxygen atoms in total. The first kappa shape index (κ1) is 17.0. The van der Waals surface area contributed by atoms with E-state index in [1.807, 2.05) is 6.92 Å². The molecule has 0 saturated heterocycles. The molecule has 0 aromatic carbocycles. The monoisotopic (exact) mass is 349 g/mol. The number of hydrogen-bond acceptors (Lipinski definition) is 5. The molecule has 2 aromatic heterocycles. The third-order valence-corrected chi connectivity index (χ3v) is 5.25. The molecule has 0 spiro atoms. The van der Waals surface area contributed by atoms with Crippen LogP contribution < -0.4 is 4.72 Å². The van der Waals surface area contributed by atoms with E-state index in [0.717, 1.165) is 25.1 Å². The average Bonchev–Trinajstić information content (AvgIpc) is 3.23. The van der Waals surface area contributed by atoms with E-state index in [1.165, 1.54) is 0 Å². The molecule has 130 valence electrons. The normalized spacial score (nSPS) is 16.5. The predicted molar refractivity (Wildman–Crippen MR) is 89.6 cm³/mol. The summed E-state index contributed by atoms with van der Waals surface area (Å²) >= 11 is 0. The summed E-state index contributed by atoms with van der Waals surface area (Å²) in [6, 6.07) is 1.40. The summed E-state index contributed by atoms with van der Waals surface area (Å²) in [5, 5.41) is 0.0430. The molecule has 24 heavy (non-hydrogen) atoms. The number of aromatic nitrogens is 4. The summed E-state index contributed by atoms with van der Waals surface area (Å²) < 4.78 is 29.9. The first-order chi connectivity index (χ1) is 11.3. The Morgan fingerprint density at radius 2 is 2.08 bits per heavy atom. The quantitative estimate of drug-likeness (QED) is 0.826. The van der Waals surface area contributed by atoms with Crippen LogP contribution in [0.2, 0.25) is 0 Å². The maximum Gasteiger partial charge on any atom is 0.260 e. The Morgan fingerprint density at radius 3 is 2.71 bits per heavy atom. The van der Waals surface area contributed by atoms with Gasteiger partial charge in [-0.25, -0.2) is 23.4 Å². The van der Waals surface area contributed by atoms with Gasteiger partial charge in [-0.2, -0.15) is 4.72 Å². The molecule has 8 heteroatoms. The summed E-state index contributed by atoms with van der Waals surface area (Å²) in [6.45, 7) is 6.75. The van der Waals surface area contributed by atoms with Crippen LogP contribution in [0.3, 0.4) is 0 Å². The largest absolute Gasteiger partial charge is 0.336 e. The third kappa shape index (κ3) is 3.99. The van der Waals surface area contributed by atoms with E-state index in [-0.39, 0.29) is 10.9 Å². The molecular formula is C16H23N5O2S. The van der Waals surface area contributed by atoms with Crippen molar-refractivity contribution >= 4 is 10.0 Å². The van der Waals surface area contributed by atoms with Gasteiger partial charge in [-0.3, -0.25) is 0 Å². The number of imidazole rings is 1. The summed E-state index contributed by atoms with van der Waals surface area (Å²) in [5.74, 6) is 1.20. The summed E-state index contributed by atoms with van der Waals surface area (Å²) in [7, 11) is -3.70. The second-order valence-electron chi connectivity index (χ2n) is 6.80. The number of aryl methyl sites for hydroxylation is 1. The number of hydrogen-bond donors (Lipinski definition) is 1. The molecule has 1 aliphatic carbocycles. The molecule has 3 rings (SSSR count). The molecule has 1 saturated carbocycles. The van der Waals surface area contributed by atoms with Gasteiger partial charge in [0.25, 0.3) is 10.0 Å². The van der Waals surface area contributed by atoms with Crippen molar-refractivity contribution in [3.63, 3.8) is 0 Å². The van der Waals surface area contributed by atoms with E-state index in [2.05, 4.69) is 33.5 Å². The lowest BCUT2D eigenvalue weighted by Crippen LogP contribution is -2.31. The first-order valence-electron chi connectivity index (χ1n) is 8.19. The van der Waals surface area contributed by atoms with Gasteiger partial charge < -0.3 is 4.57 Å². The van der Waals surface area contributed by atoms with Crippen molar-refractivity contribution in [3.8, 4) is 0 Å². The molecule has 2 heterocycles. The smallest absolute Gasteiger partial charge is 0.260 e. The van der Waals surface area contributed by atoms with Gasteiger partial charge in [0.2, 0.25) is 0 Å². The van der Waals surface area contributed by atoms with Crippen molar-refractivity contribution in [2.45, 2.75) is 51.2 Å². The van der Waals surface area contributed by atoms with Gasteiger partial charge >= 0.3 is 0 Å². The fourth-order valence-corrected chi connectivity index (χ4v) is 3.85. The number of rotatable bonds is 7. The standard InChI is InChI=1S/C16H23N5O2S/c1-11(2)8-21-9-14(18-10-21)24(22,23)20-15(13-4-5-13)16-17-7-6-12(3)19-16/h6-7,9-11,13,15,20H,4-5,8H2,1-3H3/t15-/m0/s1. The van der Waals surface area contributed by atoms with Crippen molar-refractivity contribution in [1.82, 2.24) is 24.2 Å². The van der Waals surface area contributed by atoms with Crippen LogP contribution in [0.15, 0.2) is 29.8 Å². The lowest BCUT2D eigenvalue weighted by atomic mass is 10.2. The van der Waals surface area contributed by atoms with Gasteiger partial charge in [0.1, 0.15) is 5.82 Å². The zero-order valence-corrected chi connectivity index (χ0v) is 15.0. The molecule has 1 fully saturated rings. The minimum Gasteiger partial charge on any atom is -0.336 e. The van der Waals surface area contributed by atoms with Crippen molar-refractivity contribution in [2.24, 2.45) is 11.8 Å². The number of sulfonamides is 1. The van der Waals surface area contributed by atoms with Gasteiger partial charge in [-0.15, -0.1) is 0 Å². The maximum atomic E-state index is 12.7. The van der Waals surface area contributed by atoms with E-state index < -0.39 is 16.1 Å². The Hall–Kier alpha value is -1.80. The Labute approximate surface area is 142 Å². The van der Waals surface area contributed by atoms with Crippen LogP contribution in [0, 0.1) is 18.8 Å². The minimum absolute atomic E-state index is 0.0430. The molecule has 1 N–H and O–H groups in total. The second-order valence-corrected chi connectivity index (χ2v) is 8.46.